The van der Waals surface area contributed by atoms with E-state index in [2.05, 4.69) is 41.5 Å². The maximum absolute atomic E-state index is 5.41. The van der Waals surface area contributed by atoms with Gasteiger partial charge in [-0.1, -0.05) is 36.4 Å². The van der Waals surface area contributed by atoms with Crippen LogP contribution in [0.3, 0.4) is 0 Å². The van der Waals surface area contributed by atoms with E-state index in [4.69, 9.17) is 13.3 Å². The zero-order chi connectivity index (χ0) is 17.7. The molecule has 1 unspecified atom stereocenters. The molecular formula is C18H32N2O3Si. The van der Waals surface area contributed by atoms with Gasteiger partial charge >= 0.3 is 8.80 Å². The molecular weight excluding hydrogens is 320 g/mol. The molecule has 5 nitrogen and oxygen atoms in total. The summed E-state index contributed by atoms with van der Waals surface area (Å²) in [7, 11) is 2.54. The highest BCUT2D eigenvalue weighted by Gasteiger charge is 2.36. The molecule has 0 heterocycles. The van der Waals surface area contributed by atoms with Gasteiger partial charge in [-0.3, -0.25) is 0 Å². The van der Waals surface area contributed by atoms with Crippen molar-refractivity contribution >= 4 is 8.80 Å². The largest absolute Gasteiger partial charge is 0.500 e. The standard InChI is InChI=1S/C18H32N2O3Si/c1-5-17(18-10-7-6-8-11-18)16-20-14-13-19-12-9-15-24(21-2,22-3)23-4/h5-8,10-11,17,19-20H,1,9,12-16H2,2-4H3. The highest BCUT2D eigenvalue weighted by molar-refractivity contribution is 6.60. The summed E-state index contributed by atoms with van der Waals surface area (Å²) in [5.41, 5.74) is 1.30. The van der Waals surface area contributed by atoms with Crippen molar-refractivity contribution in [2.24, 2.45) is 0 Å². The smallest absolute Gasteiger partial charge is 0.377 e. The van der Waals surface area contributed by atoms with Crippen LogP contribution in [0.5, 0.6) is 0 Å². The van der Waals surface area contributed by atoms with E-state index in [0.717, 1.165) is 38.6 Å². The van der Waals surface area contributed by atoms with E-state index in [0.29, 0.717) is 5.92 Å². The van der Waals surface area contributed by atoms with Crippen LogP contribution in [0, 0.1) is 0 Å². The van der Waals surface area contributed by atoms with Gasteiger partial charge in [0.2, 0.25) is 0 Å². The van der Waals surface area contributed by atoms with Crippen molar-refractivity contribution in [1.82, 2.24) is 10.6 Å². The van der Waals surface area contributed by atoms with Crippen molar-refractivity contribution in [2.45, 2.75) is 18.4 Å². The second-order valence-corrected chi connectivity index (χ2v) is 8.70. The lowest BCUT2D eigenvalue weighted by atomic mass is 9.99. The van der Waals surface area contributed by atoms with Gasteiger partial charge in [0.25, 0.3) is 0 Å². The molecule has 1 aromatic carbocycles. The zero-order valence-corrected chi connectivity index (χ0v) is 16.2. The summed E-state index contributed by atoms with van der Waals surface area (Å²) in [6.07, 6.45) is 2.97. The van der Waals surface area contributed by atoms with E-state index in [-0.39, 0.29) is 0 Å². The first-order valence-corrected chi connectivity index (χ1v) is 10.4. The van der Waals surface area contributed by atoms with E-state index in [9.17, 15) is 0 Å². The quantitative estimate of drug-likeness (QED) is 0.306. The van der Waals surface area contributed by atoms with Crippen molar-refractivity contribution in [3.8, 4) is 0 Å². The SMILES string of the molecule is C=CC(CNCCNCCC[Si](OC)(OC)OC)c1ccccc1. The van der Waals surface area contributed by atoms with Crippen LogP contribution in [-0.4, -0.2) is 56.3 Å². The Hall–Kier alpha value is -1.02. The first-order chi connectivity index (χ1) is 11.7. The second-order valence-electron chi connectivity index (χ2n) is 5.61. The van der Waals surface area contributed by atoms with E-state index in [1.54, 1.807) is 21.3 Å². The number of benzene rings is 1. The molecule has 1 atom stereocenters. The third-order valence-electron chi connectivity index (χ3n) is 4.12. The van der Waals surface area contributed by atoms with Crippen LogP contribution in [0.4, 0.5) is 0 Å². The molecule has 24 heavy (non-hydrogen) atoms. The summed E-state index contributed by atoms with van der Waals surface area (Å²) in [6, 6.07) is 11.3. The van der Waals surface area contributed by atoms with E-state index in [1.165, 1.54) is 5.56 Å². The molecule has 0 saturated heterocycles. The highest BCUT2D eigenvalue weighted by atomic mass is 28.4. The lowest BCUT2D eigenvalue weighted by Crippen LogP contribution is -2.43. The Morgan fingerprint density at radius 3 is 2.21 bits per heavy atom. The Balaban J connectivity index is 2.11. The first kappa shape index (κ1) is 21.0. The van der Waals surface area contributed by atoms with Crippen molar-refractivity contribution in [3.63, 3.8) is 0 Å². The summed E-state index contributed by atoms with van der Waals surface area (Å²) >= 11 is 0. The summed E-state index contributed by atoms with van der Waals surface area (Å²) in [5.74, 6) is 0.350. The molecule has 0 aliphatic carbocycles. The van der Waals surface area contributed by atoms with Crippen LogP contribution < -0.4 is 10.6 Å². The molecule has 0 aliphatic heterocycles. The Morgan fingerprint density at radius 2 is 1.62 bits per heavy atom. The molecule has 1 rings (SSSR count). The van der Waals surface area contributed by atoms with Crippen LogP contribution in [0.2, 0.25) is 6.04 Å². The minimum Gasteiger partial charge on any atom is -0.377 e. The maximum Gasteiger partial charge on any atom is 0.500 e. The molecule has 6 heteroatoms. The molecule has 0 saturated carbocycles. The Bertz CT molecular complexity index is 433. The van der Waals surface area contributed by atoms with Crippen molar-refractivity contribution < 1.29 is 13.3 Å². The van der Waals surface area contributed by atoms with Gasteiger partial charge in [-0.15, -0.1) is 6.58 Å². The van der Waals surface area contributed by atoms with Crippen molar-refractivity contribution in [3.05, 3.63) is 48.6 Å². The van der Waals surface area contributed by atoms with Gasteiger partial charge < -0.3 is 23.9 Å². The van der Waals surface area contributed by atoms with Crippen molar-refractivity contribution in [2.75, 3.05) is 47.5 Å². The topological polar surface area (TPSA) is 51.8 Å². The highest BCUT2D eigenvalue weighted by Crippen LogP contribution is 2.15. The minimum atomic E-state index is -2.42. The molecule has 1 aromatic rings. The lowest BCUT2D eigenvalue weighted by Gasteiger charge is -2.24. The third-order valence-corrected chi connectivity index (χ3v) is 6.96. The van der Waals surface area contributed by atoms with Gasteiger partial charge in [-0.25, -0.2) is 0 Å². The van der Waals surface area contributed by atoms with Gasteiger partial charge in [0.1, 0.15) is 0 Å². The van der Waals surface area contributed by atoms with E-state index < -0.39 is 8.80 Å². The fraction of sp³-hybridized carbons (Fsp3) is 0.556. The minimum absolute atomic E-state index is 0.350. The molecule has 0 aliphatic rings. The first-order valence-electron chi connectivity index (χ1n) is 8.45. The number of rotatable bonds is 14. The molecule has 2 N–H and O–H groups in total. The second kappa shape index (κ2) is 12.4. The summed E-state index contributed by atoms with van der Waals surface area (Å²) < 4.78 is 16.2. The Labute approximate surface area is 147 Å². The van der Waals surface area contributed by atoms with Gasteiger partial charge in [-0.2, -0.15) is 0 Å². The van der Waals surface area contributed by atoms with Crippen LogP contribution in [0.1, 0.15) is 17.9 Å². The maximum atomic E-state index is 5.41. The Morgan fingerprint density at radius 1 is 1.00 bits per heavy atom. The van der Waals surface area contributed by atoms with Crippen LogP contribution in [-0.2, 0) is 13.3 Å². The van der Waals surface area contributed by atoms with Gasteiger partial charge in [0, 0.05) is 52.9 Å². The average molecular weight is 353 g/mol. The monoisotopic (exact) mass is 352 g/mol. The predicted molar refractivity (Wildman–Crippen MR) is 101 cm³/mol. The molecule has 0 amide bonds. The van der Waals surface area contributed by atoms with Crippen molar-refractivity contribution in [1.29, 1.82) is 0 Å². The molecule has 136 valence electrons. The summed E-state index contributed by atoms with van der Waals surface area (Å²) in [5, 5.41) is 6.91. The van der Waals surface area contributed by atoms with E-state index in [1.807, 2.05) is 12.1 Å². The van der Waals surface area contributed by atoms with Crippen LogP contribution >= 0.6 is 0 Å². The molecule has 0 bridgehead atoms. The number of hydrogen-bond acceptors (Lipinski definition) is 5. The molecule has 0 aromatic heterocycles. The lowest BCUT2D eigenvalue weighted by molar-refractivity contribution is 0.123. The third kappa shape index (κ3) is 7.25. The van der Waals surface area contributed by atoms with E-state index >= 15 is 0 Å². The molecule has 0 radical (unpaired) electrons. The normalized spacial score (nSPS) is 13.0. The van der Waals surface area contributed by atoms with Crippen LogP contribution in [0.15, 0.2) is 43.0 Å². The number of nitrogens with one attached hydrogen (secondary N) is 2. The predicted octanol–water partition coefficient (Wildman–Crippen LogP) is 2.40. The van der Waals surface area contributed by atoms with Crippen LogP contribution in [0.25, 0.3) is 0 Å². The fourth-order valence-corrected chi connectivity index (χ4v) is 4.31. The average Bonchev–Trinajstić information content (AvgIpc) is 2.65. The van der Waals surface area contributed by atoms with Gasteiger partial charge in [-0.05, 0) is 18.5 Å². The summed E-state index contributed by atoms with van der Waals surface area (Å²) in [6.45, 7) is 7.63. The number of hydrogen-bond donors (Lipinski definition) is 2. The Kier molecular flexibility index (Phi) is 10.8. The van der Waals surface area contributed by atoms with Gasteiger partial charge in [0.15, 0.2) is 0 Å². The summed E-state index contributed by atoms with van der Waals surface area (Å²) in [4.78, 5) is 0. The molecule has 0 spiro atoms. The zero-order valence-electron chi connectivity index (χ0n) is 15.2. The fourth-order valence-electron chi connectivity index (χ4n) is 2.58. The molecule has 0 fully saturated rings. The van der Waals surface area contributed by atoms with Gasteiger partial charge in [0.05, 0.1) is 0 Å².